The van der Waals surface area contributed by atoms with Crippen molar-refractivity contribution in [1.82, 2.24) is 0 Å². The summed E-state index contributed by atoms with van der Waals surface area (Å²) in [5.41, 5.74) is 0. The molecule has 0 heterocycles. The molecule has 1 N–H and O–H groups in total. The maximum absolute atomic E-state index is 9.59. The number of aliphatic hydroxyl groups excluding tert-OH is 1. The zero-order valence-corrected chi connectivity index (χ0v) is 10.3. The van der Waals surface area contributed by atoms with Crippen LogP contribution in [0.2, 0.25) is 0 Å². The van der Waals surface area contributed by atoms with E-state index in [1.807, 2.05) is 12.1 Å². The molecule has 0 aliphatic heterocycles. The molecule has 2 nitrogen and oxygen atoms in total. The lowest BCUT2D eigenvalue weighted by atomic mass is 9.52. The Morgan fingerprint density at radius 2 is 1.71 bits per heavy atom. The van der Waals surface area contributed by atoms with Crippen molar-refractivity contribution in [3.05, 3.63) is 12.2 Å². The second-order valence-corrected chi connectivity index (χ2v) is 6.32. The summed E-state index contributed by atoms with van der Waals surface area (Å²) >= 11 is 0. The van der Waals surface area contributed by atoms with E-state index < -0.39 is 6.10 Å². The molecule has 92 valence electrons. The van der Waals surface area contributed by atoms with Crippen LogP contribution in [-0.2, 0) is 0 Å². The van der Waals surface area contributed by atoms with Crippen molar-refractivity contribution in [2.24, 2.45) is 29.6 Å². The molecule has 1 atom stereocenters. The number of nitriles is 1. The van der Waals surface area contributed by atoms with Gasteiger partial charge in [0.15, 0.2) is 0 Å². The number of aliphatic hydroxyl groups is 1. The predicted molar refractivity (Wildman–Crippen MR) is 65.9 cm³/mol. The lowest BCUT2D eigenvalue weighted by molar-refractivity contribution is -0.0164. The highest BCUT2D eigenvalue weighted by atomic mass is 16.3. The molecule has 0 radical (unpaired) electrons. The van der Waals surface area contributed by atoms with Crippen molar-refractivity contribution in [3.63, 3.8) is 0 Å². The molecule has 4 saturated carbocycles. The predicted octanol–water partition coefficient (Wildman–Crippen LogP) is 2.89. The highest BCUT2D eigenvalue weighted by Gasteiger charge is 2.46. The van der Waals surface area contributed by atoms with E-state index in [4.69, 9.17) is 5.26 Å². The number of hydrogen-bond donors (Lipinski definition) is 1. The average molecular weight is 231 g/mol. The van der Waals surface area contributed by atoms with E-state index in [1.165, 1.54) is 32.1 Å². The zero-order chi connectivity index (χ0) is 11.8. The van der Waals surface area contributed by atoms with Gasteiger partial charge in [-0.25, -0.2) is 0 Å². The van der Waals surface area contributed by atoms with Gasteiger partial charge in [0.1, 0.15) is 0 Å². The first-order valence-electron chi connectivity index (χ1n) is 6.99. The summed E-state index contributed by atoms with van der Waals surface area (Å²) < 4.78 is 0. The molecule has 0 aromatic heterocycles. The minimum atomic E-state index is -0.558. The fourth-order valence-electron chi connectivity index (χ4n) is 4.70. The number of nitrogens with zero attached hydrogens (tertiary/aromatic N) is 1. The van der Waals surface area contributed by atoms with Gasteiger partial charge in [0, 0.05) is 0 Å². The Bertz CT molecular complexity index is 326. The van der Waals surface area contributed by atoms with E-state index >= 15 is 0 Å². The Morgan fingerprint density at radius 1 is 1.12 bits per heavy atom. The van der Waals surface area contributed by atoms with Crippen LogP contribution in [0, 0.1) is 40.9 Å². The van der Waals surface area contributed by atoms with E-state index in [0.29, 0.717) is 5.92 Å². The number of hydrogen-bond acceptors (Lipinski definition) is 2. The molecular formula is C15H21NO. The molecule has 4 aliphatic rings. The van der Waals surface area contributed by atoms with Gasteiger partial charge in [-0.05, 0) is 61.7 Å². The topological polar surface area (TPSA) is 44.0 Å². The first-order valence-corrected chi connectivity index (χ1v) is 6.99. The normalized spacial score (nSPS) is 45.1. The molecule has 0 spiro atoms. The molecule has 4 rings (SSSR count). The van der Waals surface area contributed by atoms with Crippen LogP contribution in [0.25, 0.3) is 0 Å². The van der Waals surface area contributed by atoms with Gasteiger partial charge in [-0.1, -0.05) is 12.2 Å². The third kappa shape index (κ3) is 2.13. The van der Waals surface area contributed by atoms with E-state index in [9.17, 15) is 5.11 Å². The first-order chi connectivity index (χ1) is 8.26. The number of allylic oxidation sites excluding steroid dienone is 1. The second kappa shape index (κ2) is 4.46. The fourth-order valence-corrected chi connectivity index (χ4v) is 4.70. The van der Waals surface area contributed by atoms with Crippen LogP contribution in [0.15, 0.2) is 12.2 Å². The summed E-state index contributed by atoms with van der Waals surface area (Å²) in [6.45, 7) is 0. The second-order valence-electron chi connectivity index (χ2n) is 6.32. The van der Waals surface area contributed by atoms with Gasteiger partial charge in [-0.2, -0.15) is 5.26 Å². The molecular weight excluding hydrogens is 210 g/mol. The smallest absolute Gasteiger partial charge is 0.0850 e. The van der Waals surface area contributed by atoms with Gasteiger partial charge in [0.05, 0.1) is 18.6 Å². The van der Waals surface area contributed by atoms with Crippen molar-refractivity contribution in [2.75, 3.05) is 0 Å². The summed E-state index contributed by atoms with van der Waals surface area (Å²) in [4.78, 5) is 0. The lowest BCUT2D eigenvalue weighted by Crippen LogP contribution is -2.44. The lowest BCUT2D eigenvalue weighted by Gasteiger charge is -2.53. The highest BCUT2D eigenvalue weighted by Crippen LogP contribution is 2.56. The third-order valence-corrected chi connectivity index (χ3v) is 5.16. The van der Waals surface area contributed by atoms with Crippen LogP contribution in [-0.4, -0.2) is 11.2 Å². The van der Waals surface area contributed by atoms with Crippen LogP contribution >= 0.6 is 0 Å². The molecule has 0 amide bonds. The Hall–Kier alpha value is -0.810. The molecule has 2 heteroatoms. The molecule has 0 saturated heterocycles. The van der Waals surface area contributed by atoms with Gasteiger partial charge in [-0.3, -0.25) is 0 Å². The maximum atomic E-state index is 9.59. The van der Waals surface area contributed by atoms with Gasteiger partial charge in [0.2, 0.25) is 0 Å². The minimum Gasteiger partial charge on any atom is -0.388 e. The highest BCUT2D eigenvalue weighted by molar-refractivity contribution is 5.07. The van der Waals surface area contributed by atoms with Crippen molar-refractivity contribution < 1.29 is 5.11 Å². The van der Waals surface area contributed by atoms with Crippen LogP contribution in [0.5, 0.6) is 0 Å². The van der Waals surface area contributed by atoms with E-state index in [1.54, 1.807) is 0 Å². The van der Waals surface area contributed by atoms with Gasteiger partial charge < -0.3 is 5.11 Å². The van der Waals surface area contributed by atoms with Crippen LogP contribution in [0.4, 0.5) is 0 Å². The average Bonchev–Trinajstić information content (AvgIpc) is 2.27. The molecule has 4 bridgehead atoms. The SMILES string of the molecule is N#CCC(O)/C=C/C1C2CC3CC(C2)CC1C3. The summed E-state index contributed by atoms with van der Waals surface area (Å²) in [7, 11) is 0. The summed E-state index contributed by atoms with van der Waals surface area (Å²) in [6.07, 6.45) is 10.9. The standard InChI is InChI=1S/C15H21NO/c16-4-3-14(17)1-2-15-12-6-10-5-11(8-12)9-13(15)7-10/h1-2,10-15,17H,3,5-9H2/b2-1+. The number of rotatable bonds is 3. The Kier molecular flexibility index (Phi) is 2.96. The Balaban J connectivity index is 1.66. The summed E-state index contributed by atoms with van der Waals surface area (Å²) in [5, 5.41) is 18.1. The molecule has 0 aromatic rings. The quantitative estimate of drug-likeness (QED) is 0.759. The van der Waals surface area contributed by atoms with Crippen LogP contribution in [0.3, 0.4) is 0 Å². The molecule has 4 fully saturated rings. The van der Waals surface area contributed by atoms with Crippen molar-refractivity contribution in [2.45, 2.75) is 44.6 Å². The van der Waals surface area contributed by atoms with Crippen molar-refractivity contribution >= 4 is 0 Å². The Morgan fingerprint density at radius 3 is 2.24 bits per heavy atom. The van der Waals surface area contributed by atoms with Gasteiger partial charge >= 0.3 is 0 Å². The van der Waals surface area contributed by atoms with E-state index in [0.717, 1.165) is 23.7 Å². The zero-order valence-electron chi connectivity index (χ0n) is 10.3. The summed E-state index contributed by atoms with van der Waals surface area (Å²) in [6, 6.07) is 2.02. The van der Waals surface area contributed by atoms with Gasteiger partial charge in [-0.15, -0.1) is 0 Å². The molecule has 17 heavy (non-hydrogen) atoms. The minimum absolute atomic E-state index is 0.226. The van der Waals surface area contributed by atoms with Crippen LogP contribution < -0.4 is 0 Å². The first kappa shape index (κ1) is 11.3. The van der Waals surface area contributed by atoms with Gasteiger partial charge in [0.25, 0.3) is 0 Å². The largest absolute Gasteiger partial charge is 0.388 e. The van der Waals surface area contributed by atoms with Crippen molar-refractivity contribution in [1.29, 1.82) is 5.26 Å². The monoisotopic (exact) mass is 231 g/mol. The molecule has 4 aliphatic carbocycles. The fraction of sp³-hybridized carbons (Fsp3) is 0.800. The van der Waals surface area contributed by atoms with E-state index in [2.05, 4.69) is 6.08 Å². The molecule has 1 unspecified atom stereocenters. The third-order valence-electron chi connectivity index (χ3n) is 5.16. The summed E-state index contributed by atoms with van der Waals surface area (Å²) in [5.74, 6) is 4.45. The maximum Gasteiger partial charge on any atom is 0.0850 e. The molecule has 0 aromatic carbocycles. The van der Waals surface area contributed by atoms with E-state index in [-0.39, 0.29) is 6.42 Å². The van der Waals surface area contributed by atoms with Crippen LogP contribution in [0.1, 0.15) is 38.5 Å². The van der Waals surface area contributed by atoms with Crippen molar-refractivity contribution in [3.8, 4) is 6.07 Å². The Labute approximate surface area is 103 Å².